The number of anilines is 1. The molecule has 0 amide bonds. The van der Waals surface area contributed by atoms with Crippen LogP contribution in [0.4, 0.5) is 5.69 Å². The summed E-state index contributed by atoms with van der Waals surface area (Å²) in [4.78, 5) is 5.14. The predicted molar refractivity (Wildman–Crippen MR) is 104 cm³/mol. The van der Waals surface area contributed by atoms with Gasteiger partial charge in [0.1, 0.15) is 6.07 Å². The zero-order chi connectivity index (χ0) is 17.1. The lowest BCUT2D eigenvalue weighted by molar-refractivity contribution is 0.208. The fourth-order valence-corrected chi connectivity index (χ4v) is 4.85. The third kappa shape index (κ3) is 3.46. The summed E-state index contributed by atoms with van der Waals surface area (Å²) in [5.41, 5.74) is 4.62. The normalized spacial score (nSPS) is 22.7. The van der Waals surface area contributed by atoms with E-state index < -0.39 is 0 Å². The van der Waals surface area contributed by atoms with Crippen molar-refractivity contribution in [1.29, 1.82) is 5.26 Å². The van der Waals surface area contributed by atoms with Crippen molar-refractivity contribution in [3.05, 3.63) is 35.4 Å². The minimum Gasteiger partial charge on any atom is -0.370 e. The van der Waals surface area contributed by atoms with Gasteiger partial charge in [0, 0.05) is 19.1 Å². The SMILES string of the molecule is N#Cc1c(C2=CCCCC2)cccc1N1CCC(N2CCCC2)CC1. The maximum Gasteiger partial charge on any atom is 0.102 e. The second kappa shape index (κ2) is 7.62. The first-order valence-electron chi connectivity index (χ1n) is 10.1. The molecule has 0 spiro atoms. The maximum absolute atomic E-state index is 9.87. The highest BCUT2D eigenvalue weighted by Crippen LogP contribution is 2.34. The van der Waals surface area contributed by atoms with E-state index in [1.165, 1.54) is 62.8 Å². The van der Waals surface area contributed by atoms with Crippen LogP contribution in [-0.4, -0.2) is 37.1 Å². The van der Waals surface area contributed by atoms with Crippen LogP contribution >= 0.6 is 0 Å². The summed E-state index contributed by atoms with van der Waals surface area (Å²) in [6, 6.07) is 9.74. The number of hydrogen-bond acceptors (Lipinski definition) is 3. The molecule has 0 unspecified atom stereocenters. The summed E-state index contributed by atoms with van der Waals surface area (Å²) < 4.78 is 0. The number of benzene rings is 1. The van der Waals surface area contributed by atoms with Crippen molar-refractivity contribution in [2.45, 2.75) is 57.4 Å². The Kier molecular flexibility index (Phi) is 5.08. The monoisotopic (exact) mass is 335 g/mol. The number of nitriles is 1. The highest BCUT2D eigenvalue weighted by Gasteiger charge is 2.27. The molecule has 2 saturated heterocycles. The lowest BCUT2D eigenvalue weighted by atomic mass is 9.90. The van der Waals surface area contributed by atoms with Crippen LogP contribution in [0.25, 0.3) is 5.57 Å². The average molecular weight is 335 g/mol. The standard InChI is InChI=1S/C22H29N3/c23-17-21-20(18-7-2-1-3-8-18)9-6-10-22(21)25-15-11-19(12-16-25)24-13-4-5-14-24/h6-7,9-10,19H,1-5,8,11-16H2. The Morgan fingerprint density at radius 3 is 2.44 bits per heavy atom. The van der Waals surface area contributed by atoms with Crippen molar-refractivity contribution in [2.75, 3.05) is 31.1 Å². The molecule has 3 nitrogen and oxygen atoms in total. The van der Waals surface area contributed by atoms with Gasteiger partial charge in [-0.2, -0.15) is 5.26 Å². The zero-order valence-electron chi connectivity index (χ0n) is 15.2. The van der Waals surface area contributed by atoms with Crippen molar-refractivity contribution < 1.29 is 0 Å². The van der Waals surface area contributed by atoms with E-state index in [-0.39, 0.29) is 0 Å². The van der Waals surface area contributed by atoms with Gasteiger partial charge in [-0.15, -0.1) is 0 Å². The smallest absolute Gasteiger partial charge is 0.102 e. The first-order chi connectivity index (χ1) is 12.4. The van der Waals surface area contributed by atoms with Crippen LogP contribution in [0.5, 0.6) is 0 Å². The van der Waals surface area contributed by atoms with Gasteiger partial charge in [-0.1, -0.05) is 18.2 Å². The molecule has 0 saturated carbocycles. The summed E-state index contributed by atoms with van der Waals surface area (Å²) in [5.74, 6) is 0. The molecule has 3 heteroatoms. The molecule has 4 rings (SSSR count). The molecule has 3 aliphatic rings. The Hall–Kier alpha value is -1.79. The van der Waals surface area contributed by atoms with E-state index in [0.717, 1.165) is 43.2 Å². The van der Waals surface area contributed by atoms with Crippen LogP contribution in [0.3, 0.4) is 0 Å². The van der Waals surface area contributed by atoms with Crippen LogP contribution in [-0.2, 0) is 0 Å². The minimum absolute atomic E-state index is 0.758. The van der Waals surface area contributed by atoms with E-state index in [1.807, 2.05) is 0 Å². The van der Waals surface area contributed by atoms with Crippen LogP contribution < -0.4 is 4.90 Å². The zero-order valence-corrected chi connectivity index (χ0v) is 15.2. The highest BCUT2D eigenvalue weighted by atomic mass is 15.2. The van der Waals surface area contributed by atoms with Gasteiger partial charge in [0.25, 0.3) is 0 Å². The molecule has 2 fully saturated rings. The van der Waals surface area contributed by atoms with Gasteiger partial charge in [-0.3, -0.25) is 0 Å². The predicted octanol–water partition coefficient (Wildman–Crippen LogP) is 4.58. The minimum atomic E-state index is 0.758. The van der Waals surface area contributed by atoms with Crippen LogP contribution in [0, 0.1) is 11.3 Å². The summed E-state index contributed by atoms with van der Waals surface area (Å²) in [6.45, 7) is 4.74. The second-order valence-electron chi connectivity index (χ2n) is 7.75. The summed E-state index contributed by atoms with van der Waals surface area (Å²) in [7, 11) is 0. The van der Waals surface area contributed by atoms with Crippen molar-refractivity contribution in [3.8, 4) is 6.07 Å². The van der Waals surface area contributed by atoms with Gasteiger partial charge >= 0.3 is 0 Å². The number of rotatable bonds is 3. The molecule has 132 valence electrons. The van der Waals surface area contributed by atoms with Crippen molar-refractivity contribution in [3.63, 3.8) is 0 Å². The first kappa shape index (κ1) is 16.7. The molecule has 2 aliphatic heterocycles. The van der Waals surface area contributed by atoms with E-state index in [1.54, 1.807) is 0 Å². The van der Waals surface area contributed by atoms with Crippen LogP contribution in [0.1, 0.15) is 62.5 Å². The number of piperidine rings is 1. The molecule has 0 atom stereocenters. The van der Waals surface area contributed by atoms with Crippen molar-refractivity contribution in [2.24, 2.45) is 0 Å². The third-order valence-corrected chi connectivity index (χ3v) is 6.25. The van der Waals surface area contributed by atoms with E-state index >= 15 is 0 Å². The van der Waals surface area contributed by atoms with Crippen molar-refractivity contribution in [1.82, 2.24) is 4.90 Å². The van der Waals surface area contributed by atoms with Gasteiger partial charge < -0.3 is 9.80 Å². The number of hydrogen-bond donors (Lipinski definition) is 0. The Morgan fingerprint density at radius 2 is 1.76 bits per heavy atom. The van der Waals surface area contributed by atoms with Gasteiger partial charge in [0.2, 0.25) is 0 Å². The molecule has 1 aliphatic carbocycles. The van der Waals surface area contributed by atoms with Gasteiger partial charge in [-0.25, -0.2) is 0 Å². The number of nitrogens with zero attached hydrogens (tertiary/aromatic N) is 3. The highest BCUT2D eigenvalue weighted by molar-refractivity contribution is 5.77. The van der Waals surface area contributed by atoms with Crippen LogP contribution in [0.2, 0.25) is 0 Å². The van der Waals surface area contributed by atoms with Crippen molar-refractivity contribution >= 4 is 11.3 Å². The van der Waals surface area contributed by atoms with E-state index in [2.05, 4.69) is 40.1 Å². The topological polar surface area (TPSA) is 30.3 Å². The number of likely N-dealkylation sites (tertiary alicyclic amines) is 1. The van der Waals surface area contributed by atoms with Gasteiger partial charge in [0.15, 0.2) is 0 Å². The first-order valence-corrected chi connectivity index (χ1v) is 10.1. The molecule has 0 aromatic heterocycles. The Balaban J connectivity index is 1.53. The summed E-state index contributed by atoms with van der Waals surface area (Å²) in [5, 5.41) is 9.87. The maximum atomic E-state index is 9.87. The van der Waals surface area contributed by atoms with Gasteiger partial charge in [0.05, 0.1) is 11.3 Å². The average Bonchev–Trinajstić information content (AvgIpc) is 3.23. The molecule has 0 N–H and O–H groups in total. The van der Waals surface area contributed by atoms with Gasteiger partial charge in [-0.05, 0) is 81.7 Å². The fourth-order valence-electron chi connectivity index (χ4n) is 4.85. The quantitative estimate of drug-likeness (QED) is 0.810. The largest absolute Gasteiger partial charge is 0.370 e. The molecular weight excluding hydrogens is 306 g/mol. The lowest BCUT2D eigenvalue weighted by Crippen LogP contribution is -2.44. The molecule has 25 heavy (non-hydrogen) atoms. The molecule has 1 aromatic rings. The van der Waals surface area contributed by atoms with E-state index in [0.29, 0.717) is 0 Å². The second-order valence-corrected chi connectivity index (χ2v) is 7.75. The third-order valence-electron chi connectivity index (χ3n) is 6.25. The lowest BCUT2D eigenvalue weighted by Gasteiger charge is -2.38. The Labute approximate surface area is 151 Å². The summed E-state index contributed by atoms with van der Waals surface area (Å²) >= 11 is 0. The summed E-state index contributed by atoms with van der Waals surface area (Å²) in [6.07, 6.45) is 12.4. The molecule has 1 aromatic carbocycles. The molecule has 2 heterocycles. The molecule has 0 radical (unpaired) electrons. The molecule has 0 bridgehead atoms. The molecular formula is C22H29N3. The van der Waals surface area contributed by atoms with E-state index in [9.17, 15) is 5.26 Å². The van der Waals surface area contributed by atoms with Crippen LogP contribution in [0.15, 0.2) is 24.3 Å². The van der Waals surface area contributed by atoms with E-state index in [4.69, 9.17) is 0 Å². The Morgan fingerprint density at radius 1 is 0.960 bits per heavy atom. The number of allylic oxidation sites excluding steroid dienone is 2. The Bertz CT molecular complexity index is 671. The fraction of sp³-hybridized carbons (Fsp3) is 0.591.